The number of unbranched alkanes of at least 4 members (excludes halogenated alkanes) is 28. The van der Waals surface area contributed by atoms with E-state index in [0.717, 1.165) is 77.0 Å². The molecular weight excluding hydrogens is 709 g/mol. The first-order valence-electron chi connectivity index (χ1n) is 24.5. The summed E-state index contributed by atoms with van der Waals surface area (Å²) in [6.07, 6.45) is 52.7. The molecule has 0 heterocycles. The minimum atomic E-state index is -0.773. The zero-order valence-electron chi connectivity index (χ0n) is 37.9. The quantitative estimate of drug-likeness (QED) is 0.0201. The first-order chi connectivity index (χ1) is 28.0. The summed E-state index contributed by atoms with van der Waals surface area (Å²) in [4.78, 5) is 37.7. The van der Waals surface area contributed by atoms with E-state index in [9.17, 15) is 14.4 Å². The van der Waals surface area contributed by atoms with Crippen molar-refractivity contribution in [1.82, 2.24) is 0 Å². The summed E-state index contributed by atoms with van der Waals surface area (Å²) in [6, 6.07) is 0. The Morgan fingerprint density at radius 3 is 1.07 bits per heavy atom. The molecule has 0 spiro atoms. The van der Waals surface area contributed by atoms with Crippen LogP contribution in [0.15, 0.2) is 36.5 Å². The van der Waals surface area contributed by atoms with Crippen molar-refractivity contribution in [3.63, 3.8) is 0 Å². The lowest BCUT2D eigenvalue weighted by Gasteiger charge is -2.18. The van der Waals surface area contributed by atoms with Crippen molar-refractivity contribution < 1.29 is 28.6 Å². The summed E-state index contributed by atoms with van der Waals surface area (Å²) in [7, 11) is 0. The van der Waals surface area contributed by atoms with E-state index in [-0.39, 0.29) is 31.1 Å². The first kappa shape index (κ1) is 54.6. The molecule has 0 aliphatic heterocycles. The van der Waals surface area contributed by atoms with Gasteiger partial charge in [-0.1, -0.05) is 205 Å². The van der Waals surface area contributed by atoms with E-state index in [1.165, 1.54) is 135 Å². The fraction of sp³-hybridized carbons (Fsp3) is 0.824. The third-order valence-corrected chi connectivity index (χ3v) is 10.6. The van der Waals surface area contributed by atoms with Crippen molar-refractivity contribution in [1.29, 1.82) is 0 Å². The highest BCUT2D eigenvalue weighted by Gasteiger charge is 2.19. The lowest BCUT2D eigenvalue weighted by atomic mass is 10.1. The maximum Gasteiger partial charge on any atom is 0.306 e. The Balaban J connectivity index is 4.27. The summed E-state index contributed by atoms with van der Waals surface area (Å²) in [5.74, 6) is -0.890. The standard InChI is InChI=1S/C51H92O6/c1-4-7-10-13-16-19-22-23-24-25-26-27-28-29-30-33-35-38-41-44-50(53)56-47-48(57-51(54)45-42-39-36-32-21-18-15-12-9-6-3)46-55-49(52)43-40-37-34-31-20-17-14-11-8-5-2/h15-16,18-19,22-23,48H,4-14,17,20-21,24-47H2,1-3H3/b18-15-,19-16-,23-22-. The van der Waals surface area contributed by atoms with E-state index in [1.807, 2.05) is 0 Å². The van der Waals surface area contributed by atoms with Gasteiger partial charge in [-0.25, -0.2) is 0 Å². The summed E-state index contributed by atoms with van der Waals surface area (Å²) < 4.78 is 16.7. The van der Waals surface area contributed by atoms with E-state index in [0.29, 0.717) is 19.3 Å². The minimum Gasteiger partial charge on any atom is -0.462 e. The van der Waals surface area contributed by atoms with E-state index >= 15 is 0 Å². The van der Waals surface area contributed by atoms with Crippen molar-refractivity contribution in [2.24, 2.45) is 0 Å². The van der Waals surface area contributed by atoms with E-state index in [1.54, 1.807) is 0 Å². The number of ether oxygens (including phenoxy) is 3. The third-order valence-electron chi connectivity index (χ3n) is 10.6. The normalized spacial score (nSPS) is 12.3. The van der Waals surface area contributed by atoms with Gasteiger partial charge in [0.05, 0.1) is 0 Å². The molecule has 0 rings (SSSR count). The molecule has 0 saturated carbocycles. The monoisotopic (exact) mass is 801 g/mol. The Morgan fingerprint density at radius 1 is 0.351 bits per heavy atom. The highest BCUT2D eigenvalue weighted by Crippen LogP contribution is 2.15. The van der Waals surface area contributed by atoms with Crippen LogP contribution in [0, 0.1) is 0 Å². The predicted octanol–water partition coefficient (Wildman–Crippen LogP) is 15.8. The van der Waals surface area contributed by atoms with Crippen LogP contribution in [0.3, 0.4) is 0 Å². The third kappa shape index (κ3) is 44.6. The Kier molecular flexibility index (Phi) is 44.4. The van der Waals surface area contributed by atoms with Gasteiger partial charge < -0.3 is 14.2 Å². The second kappa shape index (κ2) is 46.3. The topological polar surface area (TPSA) is 78.9 Å². The van der Waals surface area contributed by atoms with Gasteiger partial charge in [-0.3, -0.25) is 14.4 Å². The van der Waals surface area contributed by atoms with Crippen LogP contribution in [-0.2, 0) is 28.6 Å². The summed E-state index contributed by atoms with van der Waals surface area (Å²) >= 11 is 0. The zero-order valence-corrected chi connectivity index (χ0v) is 37.9. The highest BCUT2D eigenvalue weighted by atomic mass is 16.6. The minimum absolute atomic E-state index is 0.0755. The Labute approximate surface area is 353 Å². The molecule has 0 saturated heterocycles. The molecule has 0 bridgehead atoms. The Morgan fingerprint density at radius 2 is 0.649 bits per heavy atom. The molecule has 0 N–H and O–H groups in total. The molecule has 0 aromatic carbocycles. The van der Waals surface area contributed by atoms with Crippen LogP contribution >= 0.6 is 0 Å². The van der Waals surface area contributed by atoms with Crippen LogP contribution in [-0.4, -0.2) is 37.2 Å². The van der Waals surface area contributed by atoms with Crippen LogP contribution in [0.2, 0.25) is 0 Å². The molecular formula is C51H92O6. The molecule has 0 radical (unpaired) electrons. The van der Waals surface area contributed by atoms with Crippen molar-refractivity contribution in [2.45, 2.75) is 258 Å². The van der Waals surface area contributed by atoms with Gasteiger partial charge in [0.2, 0.25) is 0 Å². The van der Waals surface area contributed by atoms with Gasteiger partial charge in [0, 0.05) is 19.3 Å². The van der Waals surface area contributed by atoms with Crippen LogP contribution in [0.5, 0.6) is 0 Å². The van der Waals surface area contributed by atoms with Gasteiger partial charge in [-0.15, -0.1) is 0 Å². The molecule has 0 fully saturated rings. The van der Waals surface area contributed by atoms with Crippen molar-refractivity contribution in [3.05, 3.63) is 36.5 Å². The van der Waals surface area contributed by atoms with Crippen molar-refractivity contribution in [2.75, 3.05) is 13.2 Å². The molecule has 332 valence electrons. The number of rotatable bonds is 44. The molecule has 0 aliphatic rings. The van der Waals surface area contributed by atoms with E-state index < -0.39 is 6.10 Å². The van der Waals surface area contributed by atoms with Gasteiger partial charge in [-0.05, 0) is 64.2 Å². The molecule has 0 aromatic heterocycles. The van der Waals surface area contributed by atoms with Crippen molar-refractivity contribution in [3.8, 4) is 0 Å². The van der Waals surface area contributed by atoms with Gasteiger partial charge in [-0.2, -0.15) is 0 Å². The molecule has 6 nitrogen and oxygen atoms in total. The number of hydrogen-bond acceptors (Lipinski definition) is 6. The lowest BCUT2D eigenvalue weighted by molar-refractivity contribution is -0.167. The molecule has 0 aliphatic carbocycles. The summed E-state index contributed by atoms with van der Waals surface area (Å²) in [5, 5.41) is 0. The number of hydrogen-bond donors (Lipinski definition) is 0. The second-order valence-corrected chi connectivity index (χ2v) is 16.4. The van der Waals surface area contributed by atoms with Crippen LogP contribution < -0.4 is 0 Å². The molecule has 1 atom stereocenters. The highest BCUT2D eigenvalue weighted by molar-refractivity contribution is 5.71. The Bertz CT molecular complexity index is 969. The molecule has 0 aromatic rings. The fourth-order valence-electron chi connectivity index (χ4n) is 6.88. The lowest BCUT2D eigenvalue weighted by Crippen LogP contribution is -2.30. The molecule has 1 unspecified atom stereocenters. The SMILES string of the molecule is CCCC/C=C\CCCCCCC(=O)OC(COC(=O)CCCCCCCCCCCC)COC(=O)CCCCCCCCCCCC/C=C\C=C/CCCCC. The maximum atomic E-state index is 12.7. The van der Waals surface area contributed by atoms with Gasteiger partial charge in [0.1, 0.15) is 13.2 Å². The largest absolute Gasteiger partial charge is 0.462 e. The van der Waals surface area contributed by atoms with Crippen molar-refractivity contribution >= 4 is 17.9 Å². The smallest absolute Gasteiger partial charge is 0.306 e. The van der Waals surface area contributed by atoms with Crippen LogP contribution in [0.4, 0.5) is 0 Å². The second-order valence-electron chi connectivity index (χ2n) is 16.4. The molecule has 0 amide bonds. The fourth-order valence-corrected chi connectivity index (χ4v) is 6.88. The molecule has 6 heteroatoms. The zero-order chi connectivity index (χ0) is 41.5. The molecule has 57 heavy (non-hydrogen) atoms. The van der Waals surface area contributed by atoms with Crippen LogP contribution in [0.25, 0.3) is 0 Å². The van der Waals surface area contributed by atoms with Gasteiger partial charge in [0.25, 0.3) is 0 Å². The van der Waals surface area contributed by atoms with E-state index in [2.05, 4.69) is 57.2 Å². The number of carbonyl (C=O) groups excluding carboxylic acids is 3. The Hall–Kier alpha value is -2.37. The number of esters is 3. The number of allylic oxidation sites excluding steroid dienone is 6. The predicted molar refractivity (Wildman–Crippen MR) is 242 cm³/mol. The maximum absolute atomic E-state index is 12.7. The average molecular weight is 801 g/mol. The summed E-state index contributed by atoms with van der Waals surface area (Å²) in [6.45, 7) is 6.55. The van der Waals surface area contributed by atoms with Gasteiger partial charge >= 0.3 is 17.9 Å². The van der Waals surface area contributed by atoms with E-state index in [4.69, 9.17) is 14.2 Å². The first-order valence-corrected chi connectivity index (χ1v) is 24.5. The number of carbonyl (C=O) groups is 3. The summed E-state index contributed by atoms with van der Waals surface area (Å²) in [5.41, 5.74) is 0. The average Bonchev–Trinajstić information content (AvgIpc) is 3.21. The van der Waals surface area contributed by atoms with Gasteiger partial charge in [0.15, 0.2) is 6.10 Å². The van der Waals surface area contributed by atoms with Crippen LogP contribution in [0.1, 0.15) is 252 Å².